The number of rotatable bonds is 7. The molecule has 1 rings (SSSR count). The number of methoxy groups -OCH3 is 2. The van der Waals surface area contributed by atoms with Crippen molar-refractivity contribution in [3.8, 4) is 11.5 Å². The molecule has 0 radical (unpaired) electrons. The monoisotopic (exact) mass is 283 g/mol. The molecule has 0 saturated heterocycles. The van der Waals surface area contributed by atoms with Crippen molar-refractivity contribution in [2.75, 3.05) is 26.6 Å². The van der Waals surface area contributed by atoms with Crippen molar-refractivity contribution in [2.24, 2.45) is 0 Å². The van der Waals surface area contributed by atoms with Gasteiger partial charge in [0.05, 0.1) is 32.1 Å². The summed E-state index contributed by atoms with van der Waals surface area (Å²) in [4.78, 5) is 21.9. The summed E-state index contributed by atoms with van der Waals surface area (Å²) in [5.74, 6) is -0.780. The largest absolute Gasteiger partial charge is 0.493 e. The maximum absolute atomic E-state index is 11.5. The average Bonchev–Trinajstić information content (AvgIpc) is 2.42. The molecule has 0 aliphatic rings. The number of benzene rings is 1. The Morgan fingerprint density at radius 1 is 1.25 bits per heavy atom. The maximum Gasteiger partial charge on any atom is 0.340 e. The number of carbonyl (C=O) groups is 2. The molecule has 0 fully saturated rings. The first-order valence-corrected chi connectivity index (χ1v) is 5.90. The van der Waals surface area contributed by atoms with Gasteiger partial charge in [-0.2, -0.15) is 0 Å². The number of nitrogens with two attached hydrogens (primary N) is 1. The molecule has 0 amide bonds. The van der Waals surface area contributed by atoms with Crippen LogP contribution in [-0.4, -0.2) is 37.9 Å². The van der Waals surface area contributed by atoms with E-state index in [2.05, 4.69) is 4.74 Å². The number of carbonyl (C=O) groups excluding carboxylic acids is 1. The second kappa shape index (κ2) is 7.22. The lowest BCUT2D eigenvalue weighted by Gasteiger charge is -2.13. The van der Waals surface area contributed by atoms with Crippen LogP contribution in [0.5, 0.6) is 11.5 Å². The summed E-state index contributed by atoms with van der Waals surface area (Å²) in [7, 11) is 2.68. The van der Waals surface area contributed by atoms with E-state index in [1.165, 1.54) is 26.4 Å². The van der Waals surface area contributed by atoms with Crippen LogP contribution in [0.4, 0.5) is 5.69 Å². The smallest absolute Gasteiger partial charge is 0.340 e. The third-order valence-electron chi connectivity index (χ3n) is 2.53. The van der Waals surface area contributed by atoms with E-state index in [0.717, 1.165) is 0 Å². The molecule has 0 aliphatic heterocycles. The molecule has 0 heterocycles. The number of esters is 1. The number of hydrogen-bond donors (Lipinski definition) is 2. The Morgan fingerprint density at radius 3 is 2.50 bits per heavy atom. The Hall–Kier alpha value is -2.44. The fourth-order valence-electron chi connectivity index (χ4n) is 1.54. The fraction of sp³-hybridized carbons (Fsp3) is 0.385. The second-order valence-electron chi connectivity index (χ2n) is 3.93. The Balaban J connectivity index is 2.83. The molecular formula is C13H17NO6. The summed E-state index contributed by atoms with van der Waals surface area (Å²) in [5.41, 5.74) is 6.13. The third-order valence-corrected chi connectivity index (χ3v) is 2.53. The highest BCUT2D eigenvalue weighted by Gasteiger charge is 2.16. The predicted octanol–water partition coefficient (Wildman–Crippen LogP) is 1.31. The first kappa shape index (κ1) is 15.6. The summed E-state index contributed by atoms with van der Waals surface area (Å²) in [5, 5.41) is 8.53. The minimum Gasteiger partial charge on any atom is -0.493 e. The molecule has 0 aromatic heterocycles. The minimum absolute atomic E-state index is 0.0119. The first-order valence-electron chi connectivity index (χ1n) is 5.90. The summed E-state index contributed by atoms with van der Waals surface area (Å²) < 4.78 is 15.1. The quantitative estimate of drug-likeness (QED) is 0.441. The molecule has 3 N–H and O–H groups in total. The fourth-order valence-corrected chi connectivity index (χ4v) is 1.54. The van der Waals surface area contributed by atoms with Gasteiger partial charge in [0, 0.05) is 18.6 Å². The zero-order valence-electron chi connectivity index (χ0n) is 11.3. The number of carboxylic acid groups (broad SMARTS) is 1. The summed E-state index contributed by atoms with van der Waals surface area (Å²) in [6.45, 7) is 0.208. The number of hydrogen-bond acceptors (Lipinski definition) is 6. The lowest BCUT2D eigenvalue weighted by molar-refractivity contribution is -0.137. The van der Waals surface area contributed by atoms with Gasteiger partial charge in [0.2, 0.25) is 0 Å². The van der Waals surface area contributed by atoms with Gasteiger partial charge < -0.3 is 25.1 Å². The molecule has 0 saturated carbocycles. The average molecular weight is 283 g/mol. The van der Waals surface area contributed by atoms with E-state index >= 15 is 0 Å². The zero-order valence-corrected chi connectivity index (χ0v) is 11.3. The van der Waals surface area contributed by atoms with Gasteiger partial charge in [-0.25, -0.2) is 4.79 Å². The van der Waals surface area contributed by atoms with Crippen molar-refractivity contribution < 1.29 is 28.9 Å². The molecule has 7 nitrogen and oxygen atoms in total. The van der Waals surface area contributed by atoms with Gasteiger partial charge in [0.25, 0.3) is 0 Å². The van der Waals surface area contributed by atoms with E-state index < -0.39 is 11.9 Å². The van der Waals surface area contributed by atoms with Gasteiger partial charge in [-0.15, -0.1) is 0 Å². The lowest BCUT2D eigenvalue weighted by atomic mass is 10.1. The van der Waals surface area contributed by atoms with Crippen LogP contribution in [0.25, 0.3) is 0 Å². The van der Waals surface area contributed by atoms with Crippen LogP contribution in [0.3, 0.4) is 0 Å². The van der Waals surface area contributed by atoms with Gasteiger partial charge in [-0.1, -0.05) is 0 Å². The molecule has 0 aliphatic carbocycles. The number of anilines is 1. The first-order chi connectivity index (χ1) is 9.49. The summed E-state index contributed by atoms with van der Waals surface area (Å²) >= 11 is 0. The van der Waals surface area contributed by atoms with Crippen LogP contribution in [-0.2, 0) is 9.53 Å². The number of aliphatic carboxylic acids is 1. The van der Waals surface area contributed by atoms with E-state index in [-0.39, 0.29) is 24.3 Å². The standard InChI is InChI=1S/C13H17NO6/c1-18-10-6-8(13(17)19-2)9(14)7-11(10)20-5-3-4-12(15)16/h6-7H,3-5,14H2,1-2H3,(H,15,16). The Kier molecular flexibility index (Phi) is 5.64. The van der Waals surface area contributed by atoms with Crippen LogP contribution < -0.4 is 15.2 Å². The van der Waals surface area contributed by atoms with E-state index in [9.17, 15) is 9.59 Å². The SMILES string of the molecule is COC(=O)c1cc(OC)c(OCCCC(=O)O)cc1N. The maximum atomic E-state index is 11.5. The topological polar surface area (TPSA) is 108 Å². The molecule has 0 spiro atoms. The third kappa shape index (κ3) is 4.04. The molecule has 7 heteroatoms. The van der Waals surface area contributed by atoms with Crippen LogP contribution in [0.15, 0.2) is 12.1 Å². The van der Waals surface area contributed by atoms with E-state index in [1.54, 1.807) is 0 Å². The van der Waals surface area contributed by atoms with Gasteiger partial charge in [0.1, 0.15) is 0 Å². The van der Waals surface area contributed by atoms with E-state index in [1.807, 2.05) is 0 Å². The minimum atomic E-state index is -0.888. The van der Waals surface area contributed by atoms with E-state index in [0.29, 0.717) is 17.9 Å². The molecule has 1 aromatic rings. The summed E-state index contributed by atoms with van der Waals surface area (Å²) in [6.07, 6.45) is 0.370. The zero-order chi connectivity index (χ0) is 15.1. The van der Waals surface area contributed by atoms with Gasteiger partial charge in [-0.05, 0) is 6.42 Å². The molecular weight excluding hydrogens is 266 g/mol. The lowest BCUT2D eigenvalue weighted by Crippen LogP contribution is -2.08. The normalized spacial score (nSPS) is 9.90. The Morgan fingerprint density at radius 2 is 1.95 bits per heavy atom. The molecule has 0 atom stereocenters. The van der Waals surface area contributed by atoms with Crippen LogP contribution in [0.2, 0.25) is 0 Å². The summed E-state index contributed by atoms with van der Waals surface area (Å²) in [6, 6.07) is 2.87. The highest BCUT2D eigenvalue weighted by atomic mass is 16.5. The van der Waals surface area contributed by atoms with Gasteiger partial charge in [0.15, 0.2) is 11.5 Å². The number of carboxylic acids is 1. The highest BCUT2D eigenvalue weighted by molar-refractivity contribution is 5.96. The van der Waals surface area contributed by atoms with Crippen molar-refractivity contribution in [1.29, 1.82) is 0 Å². The van der Waals surface area contributed by atoms with Gasteiger partial charge >= 0.3 is 11.9 Å². The second-order valence-corrected chi connectivity index (χ2v) is 3.93. The molecule has 0 bridgehead atoms. The predicted molar refractivity (Wildman–Crippen MR) is 71.1 cm³/mol. The van der Waals surface area contributed by atoms with Crippen molar-refractivity contribution in [3.63, 3.8) is 0 Å². The molecule has 20 heavy (non-hydrogen) atoms. The van der Waals surface area contributed by atoms with Crippen LogP contribution >= 0.6 is 0 Å². The number of ether oxygens (including phenoxy) is 3. The van der Waals surface area contributed by atoms with Gasteiger partial charge in [-0.3, -0.25) is 4.79 Å². The Labute approximate surface area is 116 Å². The highest BCUT2D eigenvalue weighted by Crippen LogP contribution is 2.32. The molecule has 0 unspecified atom stereocenters. The van der Waals surface area contributed by atoms with Crippen LogP contribution in [0, 0.1) is 0 Å². The molecule has 1 aromatic carbocycles. The van der Waals surface area contributed by atoms with Crippen molar-refractivity contribution in [3.05, 3.63) is 17.7 Å². The van der Waals surface area contributed by atoms with Crippen molar-refractivity contribution >= 4 is 17.6 Å². The van der Waals surface area contributed by atoms with Crippen molar-refractivity contribution in [1.82, 2.24) is 0 Å². The van der Waals surface area contributed by atoms with Crippen LogP contribution in [0.1, 0.15) is 23.2 Å². The number of nitrogen functional groups attached to an aromatic ring is 1. The Bertz CT molecular complexity index is 500. The van der Waals surface area contributed by atoms with E-state index in [4.69, 9.17) is 20.3 Å². The molecule has 110 valence electrons. The van der Waals surface area contributed by atoms with Crippen molar-refractivity contribution in [2.45, 2.75) is 12.8 Å².